The van der Waals surface area contributed by atoms with Crippen molar-refractivity contribution in [3.8, 4) is 5.75 Å². The van der Waals surface area contributed by atoms with Crippen LogP contribution in [0.3, 0.4) is 0 Å². The Hall–Kier alpha value is -1.55. The number of rotatable bonds is 5. The van der Waals surface area contributed by atoms with Crippen LogP contribution in [0.2, 0.25) is 0 Å². The maximum Gasteiger partial charge on any atom is 0.224 e. The average Bonchev–Trinajstić information content (AvgIpc) is 2.35. The minimum absolute atomic E-state index is 0.0108. The standard InChI is InChI=1S/C15H23NO3/c1-15(2,3)11-7-8-13(19-4)12(10-11)16-14(18)6-5-9-17/h7-8,10,17H,5-6,9H2,1-4H3,(H,16,18). The number of hydrogen-bond acceptors (Lipinski definition) is 3. The maximum absolute atomic E-state index is 11.7. The Bertz CT molecular complexity index is 436. The third-order valence-corrected chi connectivity index (χ3v) is 2.90. The molecule has 1 amide bonds. The maximum atomic E-state index is 11.7. The first-order valence-corrected chi connectivity index (χ1v) is 6.47. The Morgan fingerprint density at radius 1 is 1.37 bits per heavy atom. The van der Waals surface area contributed by atoms with Gasteiger partial charge in [-0.1, -0.05) is 26.8 Å². The molecule has 0 aliphatic rings. The third kappa shape index (κ3) is 4.56. The SMILES string of the molecule is COc1ccc(C(C)(C)C)cc1NC(=O)CCCO. The van der Waals surface area contributed by atoms with E-state index in [0.717, 1.165) is 5.56 Å². The first kappa shape index (κ1) is 15.5. The summed E-state index contributed by atoms with van der Waals surface area (Å²) in [5.41, 5.74) is 1.82. The van der Waals surface area contributed by atoms with Crippen LogP contribution in [-0.4, -0.2) is 24.7 Å². The van der Waals surface area contributed by atoms with Gasteiger partial charge in [0, 0.05) is 13.0 Å². The molecule has 19 heavy (non-hydrogen) atoms. The van der Waals surface area contributed by atoms with Crippen LogP contribution in [0.4, 0.5) is 5.69 Å². The Kier molecular flexibility index (Phi) is 5.36. The van der Waals surface area contributed by atoms with E-state index in [-0.39, 0.29) is 17.9 Å². The lowest BCUT2D eigenvalue weighted by atomic mass is 9.87. The number of nitrogens with one attached hydrogen (secondary N) is 1. The number of hydrogen-bond donors (Lipinski definition) is 2. The Balaban J connectivity index is 2.93. The van der Waals surface area contributed by atoms with Crippen LogP contribution in [0.15, 0.2) is 18.2 Å². The molecular formula is C15H23NO3. The van der Waals surface area contributed by atoms with E-state index in [1.165, 1.54) is 0 Å². The lowest BCUT2D eigenvalue weighted by molar-refractivity contribution is -0.116. The second kappa shape index (κ2) is 6.57. The predicted molar refractivity (Wildman–Crippen MR) is 76.6 cm³/mol. The topological polar surface area (TPSA) is 58.6 Å². The lowest BCUT2D eigenvalue weighted by Gasteiger charge is -2.21. The van der Waals surface area contributed by atoms with Crippen LogP contribution in [-0.2, 0) is 10.2 Å². The number of carbonyl (C=O) groups excluding carboxylic acids is 1. The summed E-state index contributed by atoms with van der Waals surface area (Å²) in [6.07, 6.45) is 0.770. The minimum Gasteiger partial charge on any atom is -0.495 e. The number of ether oxygens (including phenoxy) is 1. The molecule has 1 aromatic rings. The highest BCUT2D eigenvalue weighted by Crippen LogP contribution is 2.31. The molecule has 0 aromatic heterocycles. The number of methoxy groups -OCH3 is 1. The monoisotopic (exact) mass is 265 g/mol. The molecule has 0 aliphatic heterocycles. The number of aliphatic hydroxyl groups is 1. The molecule has 106 valence electrons. The molecule has 0 unspecified atom stereocenters. The van der Waals surface area contributed by atoms with Gasteiger partial charge < -0.3 is 15.2 Å². The number of aliphatic hydroxyl groups excluding tert-OH is 1. The summed E-state index contributed by atoms with van der Waals surface area (Å²) in [6, 6.07) is 5.81. The van der Waals surface area contributed by atoms with Gasteiger partial charge in [-0.3, -0.25) is 4.79 Å². The summed E-state index contributed by atoms with van der Waals surface area (Å²) < 4.78 is 5.25. The first-order valence-electron chi connectivity index (χ1n) is 6.47. The lowest BCUT2D eigenvalue weighted by Crippen LogP contribution is -2.15. The molecular weight excluding hydrogens is 242 g/mol. The van der Waals surface area contributed by atoms with Gasteiger partial charge >= 0.3 is 0 Å². The molecule has 0 heterocycles. The summed E-state index contributed by atoms with van der Waals surface area (Å²) >= 11 is 0. The van der Waals surface area contributed by atoms with Crippen molar-refractivity contribution in [1.29, 1.82) is 0 Å². The zero-order chi connectivity index (χ0) is 14.5. The molecule has 0 saturated heterocycles. The summed E-state index contributed by atoms with van der Waals surface area (Å²) in [7, 11) is 1.58. The third-order valence-electron chi connectivity index (χ3n) is 2.90. The highest BCUT2D eigenvalue weighted by molar-refractivity contribution is 5.92. The summed E-state index contributed by atoms with van der Waals surface area (Å²) in [5, 5.41) is 11.6. The van der Waals surface area contributed by atoms with Gasteiger partial charge in [0.1, 0.15) is 5.75 Å². The molecule has 0 radical (unpaired) electrons. The van der Waals surface area contributed by atoms with Gasteiger partial charge in [-0.25, -0.2) is 0 Å². The van der Waals surface area contributed by atoms with Crippen molar-refractivity contribution in [2.45, 2.75) is 39.0 Å². The van der Waals surface area contributed by atoms with Crippen LogP contribution in [0, 0.1) is 0 Å². The van der Waals surface area contributed by atoms with Crippen molar-refractivity contribution in [3.63, 3.8) is 0 Å². The van der Waals surface area contributed by atoms with Crippen molar-refractivity contribution >= 4 is 11.6 Å². The highest BCUT2D eigenvalue weighted by Gasteiger charge is 2.16. The number of carbonyl (C=O) groups is 1. The molecule has 0 bridgehead atoms. The number of anilines is 1. The van der Waals surface area contributed by atoms with E-state index >= 15 is 0 Å². The van der Waals surface area contributed by atoms with Crippen LogP contribution < -0.4 is 10.1 Å². The van der Waals surface area contributed by atoms with Crippen LogP contribution in [0.25, 0.3) is 0 Å². The Morgan fingerprint density at radius 2 is 2.05 bits per heavy atom. The van der Waals surface area contributed by atoms with E-state index in [4.69, 9.17) is 9.84 Å². The normalized spacial score (nSPS) is 11.2. The van der Waals surface area contributed by atoms with E-state index in [1.54, 1.807) is 7.11 Å². The van der Waals surface area contributed by atoms with E-state index < -0.39 is 0 Å². The second-order valence-electron chi connectivity index (χ2n) is 5.54. The van der Waals surface area contributed by atoms with E-state index in [1.807, 2.05) is 18.2 Å². The second-order valence-corrected chi connectivity index (χ2v) is 5.54. The fourth-order valence-electron chi connectivity index (χ4n) is 1.72. The zero-order valence-corrected chi connectivity index (χ0v) is 12.1. The van der Waals surface area contributed by atoms with Gasteiger partial charge in [0.25, 0.3) is 0 Å². The molecule has 1 rings (SSSR count). The average molecular weight is 265 g/mol. The van der Waals surface area contributed by atoms with Gasteiger partial charge in [-0.2, -0.15) is 0 Å². The van der Waals surface area contributed by atoms with Gasteiger partial charge in [-0.15, -0.1) is 0 Å². The number of benzene rings is 1. The number of amides is 1. The molecule has 0 fully saturated rings. The Morgan fingerprint density at radius 3 is 2.58 bits per heavy atom. The van der Waals surface area contributed by atoms with Crippen molar-refractivity contribution in [2.24, 2.45) is 0 Å². The zero-order valence-electron chi connectivity index (χ0n) is 12.1. The van der Waals surface area contributed by atoms with Crippen molar-refractivity contribution in [1.82, 2.24) is 0 Å². The van der Waals surface area contributed by atoms with Gasteiger partial charge in [0.05, 0.1) is 12.8 Å². The Labute approximate surface area is 114 Å². The summed E-state index contributed by atoms with van der Waals surface area (Å²) in [6.45, 7) is 6.37. The quantitative estimate of drug-likeness (QED) is 0.860. The minimum atomic E-state index is -0.113. The molecule has 0 aliphatic carbocycles. The van der Waals surface area contributed by atoms with E-state index in [0.29, 0.717) is 24.3 Å². The van der Waals surface area contributed by atoms with Gasteiger partial charge in [0.2, 0.25) is 5.91 Å². The molecule has 2 N–H and O–H groups in total. The van der Waals surface area contributed by atoms with Crippen LogP contribution in [0.1, 0.15) is 39.2 Å². The van der Waals surface area contributed by atoms with Gasteiger partial charge in [-0.05, 0) is 29.5 Å². The first-order chi connectivity index (χ1) is 8.88. The van der Waals surface area contributed by atoms with Crippen LogP contribution >= 0.6 is 0 Å². The molecule has 0 spiro atoms. The molecule has 0 atom stereocenters. The largest absolute Gasteiger partial charge is 0.495 e. The molecule has 4 nitrogen and oxygen atoms in total. The molecule has 1 aromatic carbocycles. The summed E-state index contributed by atoms with van der Waals surface area (Å²) in [5.74, 6) is 0.531. The molecule has 0 saturated carbocycles. The van der Waals surface area contributed by atoms with E-state index in [2.05, 4.69) is 26.1 Å². The fourth-order valence-corrected chi connectivity index (χ4v) is 1.72. The van der Waals surface area contributed by atoms with Crippen molar-refractivity contribution in [3.05, 3.63) is 23.8 Å². The predicted octanol–water partition coefficient (Wildman–Crippen LogP) is 2.70. The van der Waals surface area contributed by atoms with Crippen molar-refractivity contribution < 1.29 is 14.6 Å². The summed E-state index contributed by atoms with van der Waals surface area (Å²) in [4.78, 5) is 11.7. The highest BCUT2D eigenvalue weighted by atomic mass is 16.5. The van der Waals surface area contributed by atoms with Gasteiger partial charge in [0.15, 0.2) is 0 Å². The van der Waals surface area contributed by atoms with Crippen molar-refractivity contribution in [2.75, 3.05) is 19.0 Å². The van der Waals surface area contributed by atoms with Crippen LogP contribution in [0.5, 0.6) is 5.75 Å². The molecule has 4 heteroatoms. The van der Waals surface area contributed by atoms with E-state index in [9.17, 15) is 4.79 Å². The fraction of sp³-hybridized carbons (Fsp3) is 0.533. The smallest absolute Gasteiger partial charge is 0.224 e.